The number of hydrogen-bond donors (Lipinski definition) is 2. The van der Waals surface area contributed by atoms with E-state index in [0.717, 1.165) is 23.4 Å². The molecule has 3 rings (SSSR count). The Kier molecular flexibility index (Phi) is 6.13. The Labute approximate surface area is 158 Å². The van der Waals surface area contributed by atoms with Crippen molar-refractivity contribution in [3.05, 3.63) is 53.8 Å². The third-order valence-electron chi connectivity index (χ3n) is 4.31. The molecule has 1 heterocycles. The minimum atomic E-state index is -0.262. The van der Waals surface area contributed by atoms with E-state index in [4.69, 9.17) is 15.2 Å². The molecule has 2 aromatic rings. The van der Waals surface area contributed by atoms with Crippen LogP contribution in [-0.2, 0) is 0 Å². The van der Waals surface area contributed by atoms with Crippen molar-refractivity contribution >= 4 is 11.6 Å². The van der Waals surface area contributed by atoms with Gasteiger partial charge in [-0.2, -0.15) is 0 Å². The maximum atomic E-state index is 13.5. The number of rotatable bonds is 5. The van der Waals surface area contributed by atoms with Crippen molar-refractivity contribution in [3.63, 3.8) is 0 Å². The van der Waals surface area contributed by atoms with Crippen LogP contribution in [0.25, 0.3) is 0 Å². The average Bonchev–Trinajstić information content (AvgIpc) is 2.86. The number of halogens is 1. The van der Waals surface area contributed by atoms with Gasteiger partial charge < -0.3 is 25.4 Å². The summed E-state index contributed by atoms with van der Waals surface area (Å²) in [6.45, 7) is 1.67. The van der Waals surface area contributed by atoms with Gasteiger partial charge in [-0.15, -0.1) is 0 Å². The molecule has 0 saturated heterocycles. The summed E-state index contributed by atoms with van der Waals surface area (Å²) in [7, 11) is 3.86. The van der Waals surface area contributed by atoms with Gasteiger partial charge in [0.05, 0.1) is 25.8 Å². The molecular formula is C20H25FN4O2. The number of nitrogens with two attached hydrogens (primary N) is 1. The summed E-state index contributed by atoms with van der Waals surface area (Å²) in [5, 5.41) is 3.07. The van der Waals surface area contributed by atoms with Gasteiger partial charge in [0, 0.05) is 18.2 Å². The zero-order valence-electron chi connectivity index (χ0n) is 15.6. The molecule has 0 saturated carbocycles. The molecule has 0 aromatic heterocycles. The third kappa shape index (κ3) is 5.10. The molecule has 1 atom stereocenters. The Balaban J connectivity index is 1.68. The van der Waals surface area contributed by atoms with Gasteiger partial charge in [-0.3, -0.25) is 4.99 Å². The van der Waals surface area contributed by atoms with Gasteiger partial charge in [0.1, 0.15) is 5.82 Å². The first kappa shape index (κ1) is 19.0. The highest BCUT2D eigenvalue weighted by atomic mass is 19.1. The predicted octanol–water partition coefficient (Wildman–Crippen LogP) is 3.02. The molecule has 1 aliphatic heterocycles. The third-order valence-corrected chi connectivity index (χ3v) is 4.31. The summed E-state index contributed by atoms with van der Waals surface area (Å²) in [6, 6.07) is 12.0. The lowest BCUT2D eigenvalue weighted by atomic mass is 10.1. The summed E-state index contributed by atoms with van der Waals surface area (Å²) in [5.41, 5.74) is 7.67. The predicted molar refractivity (Wildman–Crippen MR) is 105 cm³/mol. The highest BCUT2D eigenvalue weighted by Gasteiger charge is 2.15. The number of hydrogen-bond acceptors (Lipinski definition) is 4. The molecule has 7 heteroatoms. The Hall–Kier alpha value is -2.80. The van der Waals surface area contributed by atoms with E-state index in [9.17, 15) is 4.39 Å². The number of nitrogens with zero attached hydrogens (tertiary/aromatic N) is 2. The van der Waals surface area contributed by atoms with Crippen LogP contribution in [0.1, 0.15) is 18.0 Å². The van der Waals surface area contributed by atoms with E-state index in [1.54, 1.807) is 6.07 Å². The van der Waals surface area contributed by atoms with Crippen molar-refractivity contribution < 1.29 is 13.9 Å². The van der Waals surface area contributed by atoms with Crippen LogP contribution in [0.4, 0.5) is 10.1 Å². The number of benzene rings is 2. The lowest BCUT2D eigenvalue weighted by molar-refractivity contribution is 0.297. The zero-order chi connectivity index (χ0) is 19.2. The van der Waals surface area contributed by atoms with Crippen LogP contribution in [0.2, 0.25) is 0 Å². The second-order valence-electron chi connectivity index (χ2n) is 6.60. The molecular weight excluding hydrogens is 347 g/mol. The first-order valence-corrected chi connectivity index (χ1v) is 8.91. The molecule has 0 amide bonds. The summed E-state index contributed by atoms with van der Waals surface area (Å²) in [5.74, 6) is 1.44. The summed E-state index contributed by atoms with van der Waals surface area (Å²) < 4.78 is 24.8. The zero-order valence-corrected chi connectivity index (χ0v) is 15.6. The SMILES string of the molecule is CN(C)C(CN=C(N)Nc1ccc2c(c1)OCCCO2)c1cccc(F)c1. The number of ether oxygens (including phenoxy) is 2. The first-order chi connectivity index (χ1) is 13.0. The van der Waals surface area contributed by atoms with Crippen molar-refractivity contribution in [2.24, 2.45) is 10.7 Å². The van der Waals surface area contributed by atoms with Crippen LogP contribution in [0.15, 0.2) is 47.5 Å². The van der Waals surface area contributed by atoms with Gasteiger partial charge >= 0.3 is 0 Å². The second kappa shape index (κ2) is 8.73. The lowest BCUT2D eigenvalue weighted by Crippen LogP contribution is -2.27. The minimum Gasteiger partial charge on any atom is -0.490 e. The molecule has 3 N–H and O–H groups in total. The van der Waals surface area contributed by atoms with Gasteiger partial charge in [0.15, 0.2) is 17.5 Å². The number of likely N-dealkylation sites (N-methyl/N-ethyl adjacent to an activating group) is 1. The smallest absolute Gasteiger partial charge is 0.193 e. The standard InChI is InChI=1S/C20H25FN4O2/c1-25(2)17(14-5-3-6-15(21)11-14)13-23-20(22)24-16-7-8-18-19(12-16)27-10-4-9-26-18/h3,5-8,11-12,17H,4,9-10,13H2,1-2H3,(H3,22,23,24). The molecule has 0 fully saturated rings. The van der Waals surface area contributed by atoms with Gasteiger partial charge in [-0.25, -0.2) is 4.39 Å². The van der Waals surface area contributed by atoms with Crippen LogP contribution >= 0.6 is 0 Å². The molecule has 2 aromatic carbocycles. The largest absolute Gasteiger partial charge is 0.490 e. The summed E-state index contributed by atoms with van der Waals surface area (Å²) >= 11 is 0. The van der Waals surface area contributed by atoms with Crippen LogP contribution in [0, 0.1) is 5.82 Å². The monoisotopic (exact) mass is 372 g/mol. The van der Waals surface area contributed by atoms with E-state index < -0.39 is 0 Å². The maximum absolute atomic E-state index is 13.5. The van der Waals surface area contributed by atoms with Crippen LogP contribution < -0.4 is 20.5 Å². The average molecular weight is 372 g/mol. The van der Waals surface area contributed by atoms with Crippen molar-refractivity contribution in [1.82, 2.24) is 4.90 Å². The fraction of sp³-hybridized carbons (Fsp3) is 0.350. The van der Waals surface area contributed by atoms with Gasteiger partial charge in [0.2, 0.25) is 0 Å². The van der Waals surface area contributed by atoms with Crippen LogP contribution in [0.5, 0.6) is 11.5 Å². The normalized spacial score (nSPS) is 15.3. The number of aliphatic imine (C=N–C) groups is 1. The Morgan fingerprint density at radius 3 is 2.70 bits per heavy atom. The number of anilines is 1. The molecule has 6 nitrogen and oxygen atoms in total. The molecule has 1 aliphatic rings. The summed E-state index contributed by atoms with van der Waals surface area (Å²) in [4.78, 5) is 6.41. The lowest BCUT2D eigenvalue weighted by Gasteiger charge is -2.23. The molecule has 27 heavy (non-hydrogen) atoms. The topological polar surface area (TPSA) is 72.1 Å². The quantitative estimate of drug-likeness (QED) is 0.624. The van der Waals surface area contributed by atoms with Crippen LogP contribution in [0.3, 0.4) is 0 Å². The number of guanidine groups is 1. The Bertz CT molecular complexity index is 810. The van der Waals surface area contributed by atoms with E-state index in [0.29, 0.717) is 25.5 Å². The van der Waals surface area contributed by atoms with E-state index in [1.165, 1.54) is 12.1 Å². The number of fused-ring (bicyclic) bond motifs is 1. The maximum Gasteiger partial charge on any atom is 0.193 e. The fourth-order valence-corrected chi connectivity index (χ4v) is 2.89. The molecule has 1 unspecified atom stereocenters. The van der Waals surface area contributed by atoms with Crippen molar-refractivity contribution in [3.8, 4) is 11.5 Å². The molecule has 0 aliphatic carbocycles. The molecule has 0 bridgehead atoms. The van der Waals surface area contributed by atoms with Gasteiger partial charge in [0.25, 0.3) is 0 Å². The Morgan fingerprint density at radius 1 is 1.19 bits per heavy atom. The van der Waals surface area contributed by atoms with Crippen molar-refractivity contribution in [2.45, 2.75) is 12.5 Å². The highest BCUT2D eigenvalue weighted by Crippen LogP contribution is 2.32. The van der Waals surface area contributed by atoms with E-state index in [1.807, 2.05) is 43.3 Å². The first-order valence-electron chi connectivity index (χ1n) is 8.91. The van der Waals surface area contributed by atoms with Crippen LogP contribution in [-0.4, -0.2) is 44.7 Å². The number of nitrogens with one attached hydrogen (secondary N) is 1. The Morgan fingerprint density at radius 2 is 1.96 bits per heavy atom. The van der Waals surface area contributed by atoms with Gasteiger partial charge in [-0.05, 0) is 43.9 Å². The van der Waals surface area contributed by atoms with Crippen molar-refractivity contribution in [1.29, 1.82) is 0 Å². The van der Waals surface area contributed by atoms with E-state index in [2.05, 4.69) is 10.3 Å². The minimum absolute atomic E-state index is 0.0789. The summed E-state index contributed by atoms with van der Waals surface area (Å²) in [6.07, 6.45) is 0.854. The molecule has 0 spiro atoms. The molecule has 144 valence electrons. The van der Waals surface area contributed by atoms with Gasteiger partial charge in [-0.1, -0.05) is 12.1 Å². The highest BCUT2D eigenvalue weighted by molar-refractivity contribution is 5.92. The molecule has 0 radical (unpaired) electrons. The van der Waals surface area contributed by atoms with E-state index in [-0.39, 0.29) is 17.8 Å². The van der Waals surface area contributed by atoms with Crippen molar-refractivity contribution in [2.75, 3.05) is 39.2 Å². The second-order valence-corrected chi connectivity index (χ2v) is 6.60. The van der Waals surface area contributed by atoms with E-state index >= 15 is 0 Å². The fourth-order valence-electron chi connectivity index (χ4n) is 2.89.